The number of rotatable bonds is 5. The van der Waals surface area contributed by atoms with Gasteiger partial charge in [0.2, 0.25) is 5.75 Å². The van der Waals surface area contributed by atoms with Gasteiger partial charge >= 0.3 is 0 Å². The molecule has 1 aromatic heterocycles. The lowest BCUT2D eigenvalue weighted by atomic mass is 10.3. The van der Waals surface area contributed by atoms with E-state index in [-0.39, 0.29) is 19.0 Å². The minimum absolute atomic E-state index is 0.156. The van der Waals surface area contributed by atoms with Crippen molar-refractivity contribution in [2.24, 2.45) is 0 Å². The molecule has 0 saturated heterocycles. The first-order valence-electron chi connectivity index (χ1n) is 4.36. The fourth-order valence-corrected chi connectivity index (χ4v) is 0.994. The van der Waals surface area contributed by atoms with E-state index in [9.17, 15) is 0 Å². The molecule has 84 valence electrons. The summed E-state index contributed by atoms with van der Waals surface area (Å²) in [5.41, 5.74) is 5.54. The van der Waals surface area contributed by atoms with E-state index in [1.54, 1.807) is 0 Å². The van der Waals surface area contributed by atoms with Crippen LogP contribution in [0.5, 0.6) is 5.75 Å². The van der Waals surface area contributed by atoms with Crippen LogP contribution in [0.25, 0.3) is 0 Å². The molecule has 0 radical (unpaired) electrons. The lowest BCUT2D eigenvalue weighted by Crippen LogP contribution is -2.23. The zero-order valence-electron chi connectivity index (χ0n) is 8.34. The van der Waals surface area contributed by atoms with Crippen molar-refractivity contribution in [3.8, 4) is 5.75 Å². The van der Waals surface area contributed by atoms with E-state index in [0.717, 1.165) is 0 Å². The summed E-state index contributed by atoms with van der Waals surface area (Å²) >= 11 is 0. The van der Waals surface area contributed by atoms with Crippen LogP contribution in [0.4, 0.5) is 11.6 Å². The largest absolute Gasteiger partial charge is 0.490 e. The van der Waals surface area contributed by atoms with Crippen LogP contribution in [0.1, 0.15) is 0 Å². The highest BCUT2D eigenvalue weighted by Crippen LogP contribution is 2.25. The van der Waals surface area contributed by atoms with Crippen molar-refractivity contribution < 1.29 is 14.9 Å². The molecular formula is C8H14N4O3. The Bertz CT molecular complexity index is 321. The van der Waals surface area contributed by atoms with Gasteiger partial charge in [0.1, 0.15) is 6.33 Å². The molecule has 0 spiro atoms. The highest BCUT2D eigenvalue weighted by Gasteiger charge is 2.10. The molecule has 1 atom stereocenters. The van der Waals surface area contributed by atoms with Gasteiger partial charge in [-0.05, 0) is 0 Å². The Morgan fingerprint density at radius 2 is 2.33 bits per heavy atom. The summed E-state index contributed by atoms with van der Waals surface area (Å²) in [5.74, 6) is 0.925. The van der Waals surface area contributed by atoms with Crippen molar-refractivity contribution in [3.05, 3.63) is 6.33 Å². The van der Waals surface area contributed by atoms with Gasteiger partial charge in [0.25, 0.3) is 0 Å². The van der Waals surface area contributed by atoms with Crippen LogP contribution in [0.2, 0.25) is 0 Å². The second-order valence-corrected chi connectivity index (χ2v) is 2.86. The molecule has 1 unspecified atom stereocenters. The molecule has 1 heterocycles. The van der Waals surface area contributed by atoms with Crippen LogP contribution in [0, 0.1) is 0 Å². The fourth-order valence-electron chi connectivity index (χ4n) is 0.994. The highest BCUT2D eigenvalue weighted by molar-refractivity contribution is 5.61. The van der Waals surface area contributed by atoms with Crippen molar-refractivity contribution in [2.45, 2.75) is 6.10 Å². The van der Waals surface area contributed by atoms with Crippen molar-refractivity contribution in [1.82, 2.24) is 9.97 Å². The number of aliphatic hydroxyl groups excluding tert-OH is 2. The van der Waals surface area contributed by atoms with Crippen molar-refractivity contribution >= 4 is 11.6 Å². The highest BCUT2D eigenvalue weighted by atomic mass is 16.5. The average molecular weight is 214 g/mol. The van der Waals surface area contributed by atoms with Crippen LogP contribution in [-0.4, -0.2) is 46.5 Å². The molecule has 0 amide bonds. The van der Waals surface area contributed by atoms with Crippen LogP contribution in [-0.2, 0) is 0 Å². The Morgan fingerprint density at radius 1 is 1.60 bits per heavy atom. The van der Waals surface area contributed by atoms with E-state index in [2.05, 4.69) is 15.3 Å². The maximum absolute atomic E-state index is 9.12. The van der Waals surface area contributed by atoms with Gasteiger partial charge in [-0.1, -0.05) is 0 Å². The van der Waals surface area contributed by atoms with Crippen molar-refractivity contribution in [1.29, 1.82) is 0 Å². The number of aromatic nitrogens is 2. The van der Waals surface area contributed by atoms with E-state index in [0.29, 0.717) is 11.6 Å². The molecule has 7 heteroatoms. The van der Waals surface area contributed by atoms with Gasteiger partial charge in [-0.25, -0.2) is 9.97 Å². The van der Waals surface area contributed by atoms with Crippen molar-refractivity contribution in [3.63, 3.8) is 0 Å². The first-order chi connectivity index (χ1) is 7.19. The molecule has 5 N–H and O–H groups in total. The fraction of sp³-hybridized carbons (Fsp3) is 0.500. The number of anilines is 2. The number of nitrogens with zero attached hydrogens (tertiary/aromatic N) is 2. The van der Waals surface area contributed by atoms with Crippen LogP contribution >= 0.6 is 0 Å². The maximum atomic E-state index is 9.12. The lowest BCUT2D eigenvalue weighted by molar-refractivity contribution is 0.105. The minimum Gasteiger partial charge on any atom is -0.490 e. The summed E-state index contributed by atoms with van der Waals surface area (Å²) in [7, 11) is 1.45. The van der Waals surface area contributed by atoms with Gasteiger partial charge in [0.05, 0.1) is 19.8 Å². The number of aliphatic hydroxyl groups is 2. The van der Waals surface area contributed by atoms with Crippen LogP contribution in [0.3, 0.4) is 0 Å². The number of methoxy groups -OCH3 is 1. The third-order valence-electron chi connectivity index (χ3n) is 1.75. The Balaban J connectivity index is 2.72. The van der Waals surface area contributed by atoms with E-state index in [4.69, 9.17) is 20.7 Å². The third-order valence-corrected chi connectivity index (χ3v) is 1.75. The Morgan fingerprint density at radius 3 is 2.93 bits per heavy atom. The molecular weight excluding hydrogens is 200 g/mol. The summed E-state index contributed by atoms with van der Waals surface area (Å²) in [6.07, 6.45) is 0.428. The predicted molar refractivity (Wildman–Crippen MR) is 54.6 cm³/mol. The predicted octanol–water partition coefficient (Wildman–Crippen LogP) is -1.17. The average Bonchev–Trinajstić information content (AvgIpc) is 2.25. The maximum Gasteiger partial charge on any atom is 0.203 e. The number of nitrogens with one attached hydrogen (secondary N) is 1. The number of hydrogen-bond donors (Lipinski definition) is 4. The SMILES string of the molecule is COc1c(N)ncnc1NCC(O)CO. The summed E-state index contributed by atoms with van der Waals surface area (Å²) < 4.78 is 4.99. The molecule has 0 aliphatic rings. The molecule has 0 saturated carbocycles. The van der Waals surface area contributed by atoms with Gasteiger partial charge in [-0.15, -0.1) is 0 Å². The Hall–Kier alpha value is -1.60. The Labute approximate surface area is 86.9 Å². The quantitative estimate of drug-likeness (QED) is 0.488. The Kier molecular flexibility index (Phi) is 4.07. The zero-order valence-corrected chi connectivity index (χ0v) is 8.34. The lowest BCUT2D eigenvalue weighted by Gasteiger charge is -2.12. The number of nitrogens with two attached hydrogens (primary N) is 1. The topological polar surface area (TPSA) is 114 Å². The molecule has 0 fully saturated rings. The van der Waals surface area contributed by atoms with Gasteiger partial charge in [-0.3, -0.25) is 0 Å². The summed E-state index contributed by atoms with van der Waals surface area (Å²) in [6.45, 7) is -0.167. The standard InChI is InChI=1S/C8H14N4O3/c1-15-6-7(9)11-4-12-8(6)10-2-5(14)3-13/h4-5,13-14H,2-3H2,1H3,(H3,9,10,11,12). The molecule has 1 aromatic rings. The molecule has 0 bridgehead atoms. The second-order valence-electron chi connectivity index (χ2n) is 2.86. The van der Waals surface area contributed by atoms with Gasteiger partial charge in [0.15, 0.2) is 11.6 Å². The minimum atomic E-state index is -0.856. The smallest absolute Gasteiger partial charge is 0.203 e. The normalized spacial score (nSPS) is 12.2. The molecule has 1 rings (SSSR count). The molecule has 0 aliphatic heterocycles. The third kappa shape index (κ3) is 2.93. The van der Waals surface area contributed by atoms with Gasteiger partial charge < -0.3 is 26.0 Å². The molecule has 0 aliphatic carbocycles. The number of nitrogen functional groups attached to an aromatic ring is 1. The first-order valence-corrected chi connectivity index (χ1v) is 4.36. The van der Waals surface area contributed by atoms with Gasteiger partial charge in [-0.2, -0.15) is 0 Å². The van der Waals surface area contributed by atoms with Crippen LogP contribution < -0.4 is 15.8 Å². The summed E-state index contributed by atoms with van der Waals surface area (Å²) in [4.78, 5) is 7.64. The van der Waals surface area contributed by atoms with E-state index in [1.807, 2.05) is 0 Å². The van der Waals surface area contributed by atoms with Crippen molar-refractivity contribution in [2.75, 3.05) is 31.3 Å². The monoisotopic (exact) mass is 214 g/mol. The summed E-state index contributed by atoms with van der Waals surface area (Å²) in [6, 6.07) is 0. The van der Waals surface area contributed by atoms with E-state index >= 15 is 0 Å². The van der Waals surface area contributed by atoms with E-state index < -0.39 is 6.10 Å². The molecule has 7 nitrogen and oxygen atoms in total. The first kappa shape index (κ1) is 11.5. The number of ether oxygens (including phenoxy) is 1. The van der Waals surface area contributed by atoms with Crippen LogP contribution in [0.15, 0.2) is 6.33 Å². The zero-order chi connectivity index (χ0) is 11.3. The number of hydrogen-bond acceptors (Lipinski definition) is 7. The van der Waals surface area contributed by atoms with Gasteiger partial charge in [0, 0.05) is 6.54 Å². The molecule has 0 aromatic carbocycles. The second kappa shape index (κ2) is 5.32. The molecule has 15 heavy (non-hydrogen) atoms. The van der Waals surface area contributed by atoms with E-state index in [1.165, 1.54) is 13.4 Å². The summed E-state index contributed by atoms with van der Waals surface area (Å²) in [5, 5.41) is 20.5.